The lowest BCUT2D eigenvalue weighted by Gasteiger charge is -2.05. The first-order valence-corrected chi connectivity index (χ1v) is 6.50. The van der Waals surface area contributed by atoms with E-state index in [2.05, 4.69) is 10.6 Å². The van der Waals surface area contributed by atoms with Crippen molar-refractivity contribution in [3.63, 3.8) is 0 Å². The number of nitrogens with zero attached hydrogens (tertiary/aromatic N) is 1. The lowest BCUT2D eigenvalue weighted by atomic mass is 10.2. The molecule has 2 aromatic rings. The van der Waals surface area contributed by atoms with Crippen molar-refractivity contribution in [3.8, 4) is 6.07 Å². The van der Waals surface area contributed by atoms with Gasteiger partial charge in [0.25, 0.3) is 5.91 Å². The van der Waals surface area contributed by atoms with E-state index in [-0.39, 0.29) is 12.1 Å². The molecule has 0 aliphatic heterocycles. The van der Waals surface area contributed by atoms with Crippen LogP contribution in [0.15, 0.2) is 58.9 Å². The topological polar surface area (TPSA) is 78.1 Å². The van der Waals surface area contributed by atoms with Crippen LogP contribution >= 0.6 is 11.6 Å². The predicted molar refractivity (Wildman–Crippen MR) is 79.3 cm³/mol. The predicted octanol–water partition coefficient (Wildman–Crippen LogP) is 3.07. The van der Waals surface area contributed by atoms with Gasteiger partial charge in [0.1, 0.15) is 17.4 Å². The van der Waals surface area contributed by atoms with E-state index in [1.807, 2.05) is 6.07 Å². The van der Waals surface area contributed by atoms with Crippen molar-refractivity contribution in [2.45, 2.75) is 6.54 Å². The van der Waals surface area contributed by atoms with Crippen LogP contribution in [0.1, 0.15) is 5.76 Å². The van der Waals surface area contributed by atoms with Crippen LogP contribution in [-0.4, -0.2) is 5.91 Å². The van der Waals surface area contributed by atoms with Gasteiger partial charge in [0.15, 0.2) is 0 Å². The van der Waals surface area contributed by atoms with Gasteiger partial charge in [0.2, 0.25) is 0 Å². The summed E-state index contributed by atoms with van der Waals surface area (Å²) in [5.74, 6) is 0.119. The maximum atomic E-state index is 11.9. The molecule has 0 radical (unpaired) electrons. The Balaban J connectivity index is 1.98. The second kappa shape index (κ2) is 7.17. The smallest absolute Gasteiger partial charge is 0.263 e. The number of para-hydroxylation sites is 1. The standard InChI is InChI=1S/C15H12ClN3O2/c16-13-5-1-2-6-14(13)18-9-11(8-17)15(20)19-10-12-4-3-7-21-12/h1-7,9,18H,10H2,(H,19,20)/b11-9-. The molecule has 5 nitrogen and oxygen atoms in total. The average Bonchev–Trinajstić information content (AvgIpc) is 3.01. The highest BCUT2D eigenvalue weighted by Crippen LogP contribution is 2.20. The minimum Gasteiger partial charge on any atom is -0.467 e. The first-order chi connectivity index (χ1) is 10.2. The number of furan rings is 1. The molecule has 0 unspecified atom stereocenters. The van der Waals surface area contributed by atoms with Crippen LogP contribution in [0.5, 0.6) is 0 Å². The summed E-state index contributed by atoms with van der Waals surface area (Å²) >= 11 is 5.97. The van der Waals surface area contributed by atoms with Crippen LogP contribution in [0.3, 0.4) is 0 Å². The molecular formula is C15H12ClN3O2. The fraction of sp³-hybridized carbons (Fsp3) is 0.0667. The highest BCUT2D eigenvalue weighted by molar-refractivity contribution is 6.33. The van der Waals surface area contributed by atoms with Crippen molar-refractivity contribution in [3.05, 3.63) is 65.2 Å². The minimum absolute atomic E-state index is 0.0542. The number of carbonyl (C=O) groups is 1. The van der Waals surface area contributed by atoms with Gasteiger partial charge in [-0.05, 0) is 24.3 Å². The van der Waals surface area contributed by atoms with E-state index in [0.717, 1.165) is 0 Å². The molecule has 0 saturated carbocycles. The maximum Gasteiger partial charge on any atom is 0.263 e. The highest BCUT2D eigenvalue weighted by atomic mass is 35.5. The van der Waals surface area contributed by atoms with E-state index >= 15 is 0 Å². The lowest BCUT2D eigenvalue weighted by Crippen LogP contribution is -2.24. The Bertz CT molecular complexity index is 687. The van der Waals surface area contributed by atoms with E-state index in [1.54, 1.807) is 36.4 Å². The van der Waals surface area contributed by atoms with Gasteiger partial charge < -0.3 is 15.1 Å². The highest BCUT2D eigenvalue weighted by Gasteiger charge is 2.09. The zero-order chi connectivity index (χ0) is 15.1. The number of nitrogens with one attached hydrogen (secondary N) is 2. The van der Waals surface area contributed by atoms with Crippen molar-refractivity contribution in [2.75, 3.05) is 5.32 Å². The normalized spacial score (nSPS) is 10.8. The van der Waals surface area contributed by atoms with E-state index in [4.69, 9.17) is 21.3 Å². The number of nitriles is 1. The quantitative estimate of drug-likeness (QED) is 0.657. The molecule has 0 saturated heterocycles. The third-order valence-corrected chi connectivity index (χ3v) is 2.94. The SMILES string of the molecule is N#C/C(=C/Nc1ccccc1Cl)C(=O)NCc1ccco1. The summed E-state index contributed by atoms with van der Waals surface area (Å²) in [4.78, 5) is 11.9. The average molecular weight is 302 g/mol. The Labute approximate surface area is 126 Å². The second-order valence-electron chi connectivity index (χ2n) is 4.06. The minimum atomic E-state index is -0.492. The molecule has 0 bridgehead atoms. The van der Waals surface area contributed by atoms with Gasteiger partial charge in [-0.25, -0.2) is 0 Å². The van der Waals surface area contributed by atoms with E-state index in [9.17, 15) is 4.79 Å². The Kier molecular flexibility index (Phi) is 5.02. The van der Waals surface area contributed by atoms with Crippen LogP contribution in [0.2, 0.25) is 5.02 Å². The first kappa shape index (κ1) is 14.7. The third kappa shape index (κ3) is 4.13. The molecule has 1 aromatic carbocycles. The maximum absolute atomic E-state index is 11.9. The number of carbonyl (C=O) groups excluding carboxylic acids is 1. The van der Waals surface area contributed by atoms with Crippen LogP contribution in [-0.2, 0) is 11.3 Å². The van der Waals surface area contributed by atoms with E-state index in [1.165, 1.54) is 12.5 Å². The molecule has 0 aliphatic carbocycles. The Morgan fingerprint density at radius 1 is 1.33 bits per heavy atom. The fourth-order valence-corrected chi connectivity index (χ4v) is 1.74. The third-order valence-electron chi connectivity index (χ3n) is 2.61. The molecule has 1 aromatic heterocycles. The Hall–Kier alpha value is -2.71. The number of rotatable bonds is 5. The van der Waals surface area contributed by atoms with Gasteiger partial charge in [-0.15, -0.1) is 0 Å². The molecule has 6 heteroatoms. The molecule has 0 fully saturated rings. The Morgan fingerprint density at radius 2 is 2.14 bits per heavy atom. The van der Waals surface area contributed by atoms with Gasteiger partial charge in [0.05, 0.1) is 23.5 Å². The monoisotopic (exact) mass is 301 g/mol. The molecule has 2 rings (SSSR count). The lowest BCUT2D eigenvalue weighted by molar-refractivity contribution is -0.117. The number of anilines is 1. The van der Waals surface area contributed by atoms with Gasteiger partial charge in [-0.1, -0.05) is 23.7 Å². The van der Waals surface area contributed by atoms with Gasteiger partial charge in [-0.2, -0.15) is 5.26 Å². The largest absolute Gasteiger partial charge is 0.467 e. The summed E-state index contributed by atoms with van der Waals surface area (Å²) in [6, 6.07) is 12.3. The summed E-state index contributed by atoms with van der Waals surface area (Å²) in [6.07, 6.45) is 2.83. The number of hydrogen-bond donors (Lipinski definition) is 2. The van der Waals surface area contributed by atoms with Crippen LogP contribution < -0.4 is 10.6 Å². The second-order valence-corrected chi connectivity index (χ2v) is 4.46. The Morgan fingerprint density at radius 3 is 2.81 bits per heavy atom. The van der Waals surface area contributed by atoms with Gasteiger partial charge in [0, 0.05) is 6.20 Å². The molecule has 2 N–H and O–H groups in total. The molecule has 0 atom stereocenters. The molecule has 1 heterocycles. The molecule has 1 amide bonds. The molecule has 0 spiro atoms. The summed E-state index contributed by atoms with van der Waals surface area (Å²) in [6.45, 7) is 0.219. The number of benzene rings is 1. The summed E-state index contributed by atoms with van der Waals surface area (Å²) in [5, 5.41) is 15.0. The number of amides is 1. The summed E-state index contributed by atoms with van der Waals surface area (Å²) in [5.41, 5.74) is 0.562. The summed E-state index contributed by atoms with van der Waals surface area (Å²) in [7, 11) is 0. The fourth-order valence-electron chi connectivity index (χ4n) is 1.55. The molecule has 21 heavy (non-hydrogen) atoms. The van der Waals surface area contributed by atoms with Crippen molar-refractivity contribution in [1.82, 2.24) is 5.32 Å². The molecule has 0 aliphatic rings. The number of hydrogen-bond acceptors (Lipinski definition) is 4. The van der Waals surface area contributed by atoms with Crippen LogP contribution in [0, 0.1) is 11.3 Å². The van der Waals surface area contributed by atoms with E-state index < -0.39 is 5.91 Å². The molecule has 106 valence electrons. The van der Waals surface area contributed by atoms with Crippen molar-refractivity contribution in [1.29, 1.82) is 5.26 Å². The number of halogens is 1. The van der Waals surface area contributed by atoms with Gasteiger partial charge >= 0.3 is 0 Å². The van der Waals surface area contributed by atoms with Crippen molar-refractivity contribution >= 4 is 23.2 Å². The van der Waals surface area contributed by atoms with Crippen molar-refractivity contribution < 1.29 is 9.21 Å². The first-order valence-electron chi connectivity index (χ1n) is 6.12. The molecular weight excluding hydrogens is 290 g/mol. The zero-order valence-corrected chi connectivity index (χ0v) is 11.7. The summed E-state index contributed by atoms with van der Waals surface area (Å²) < 4.78 is 5.09. The van der Waals surface area contributed by atoms with Gasteiger partial charge in [-0.3, -0.25) is 4.79 Å². The van der Waals surface area contributed by atoms with Crippen LogP contribution in [0.25, 0.3) is 0 Å². The van der Waals surface area contributed by atoms with E-state index in [0.29, 0.717) is 16.5 Å². The zero-order valence-electron chi connectivity index (χ0n) is 11.0. The van der Waals surface area contributed by atoms with Crippen molar-refractivity contribution in [2.24, 2.45) is 0 Å². The van der Waals surface area contributed by atoms with Crippen LogP contribution in [0.4, 0.5) is 5.69 Å².